The minimum atomic E-state index is -1.49. The molecule has 0 saturated carbocycles. The Hall–Kier alpha value is -1.32. The highest BCUT2D eigenvalue weighted by Crippen LogP contribution is 1.98. The van der Waals surface area contributed by atoms with Gasteiger partial charge in [0.1, 0.15) is 0 Å². The largest absolute Gasteiger partial charge is 0.502 e. The Bertz CT molecular complexity index is 202. The zero-order valence-electron chi connectivity index (χ0n) is 6.37. The maximum atomic E-state index is 10.8. The van der Waals surface area contributed by atoms with Crippen LogP contribution in [-0.2, 0) is 9.59 Å². The molecule has 62 valence electrons. The van der Waals surface area contributed by atoms with Crippen LogP contribution in [0.4, 0.5) is 0 Å². The first-order valence-electron chi connectivity index (χ1n) is 3.13. The molecule has 0 unspecified atom stereocenters. The average Bonchev–Trinajstić information content (AvgIpc) is 1.87. The molecule has 0 amide bonds. The van der Waals surface area contributed by atoms with Gasteiger partial charge >= 0.3 is 5.97 Å². The van der Waals surface area contributed by atoms with Gasteiger partial charge in [-0.3, -0.25) is 4.79 Å². The number of carboxylic acid groups (broad SMARTS) is 1. The third kappa shape index (κ3) is 3.40. The van der Waals surface area contributed by atoms with Gasteiger partial charge in [-0.2, -0.15) is 0 Å². The van der Waals surface area contributed by atoms with Crippen LogP contribution in [0.5, 0.6) is 0 Å². The van der Waals surface area contributed by atoms with E-state index in [1.54, 1.807) is 13.8 Å². The van der Waals surface area contributed by atoms with E-state index in [-0.39, 0.29) is 5.92 Å². The number of allylic oxidation sites excluding steroid dienone is 1. The van der Waals surface area contributed by atoms with Crippen molar-refractivity contribution >= 4 is 11.8 Å². The summed E-state index contributed by atoms with van der Waals surface area (Å²) in [4.78, 5) is 20.7. The smallest absolute Gasteiger partial charge is 0.371 e. The molecule has 0 bridgehead atoms. The lowest BCUT2D eigenvalue weighted by molar-refractivity contribution is -0.136. The molecule has 4 heteroatoms. The van der Waals surface area contributed by atoms with Gasteiger partial charge in [0.05, 0.1) is 0 Å². The SMILES string of the molecule is CC(C)C(=O)/C=C(/O)C(=O)O. The molecule has 0 aromatic rings. The van der Waals surface area contributed by atoms with Crippen molar-refractivity contribution in [2.45, 2.75) is 13.8 Å². The van der Waals surface area contributed by atoms with Gasteiger partial charge in [-0.25, -0.2) is 4.79 Å². The highest BCUT2D eigenvalue weighted by Gasteiger charge is 2.09. The molecule has 0 radical (unpaired) electrons. The lowest BCUT2D eigenvalue weighted by Gasteiger charge is -1.96. The lowest BCUT2D eigenvalue weighted by atomic mass is 10.1. The van der Waals surface area contributed by atoms with Crippen molar-refractivity contribution in [3.63, 3.8) is 0 Å². The molecule has 0 aromatic carbocycles. The van der Waals surface area contributed by atoms with Crippen LogP contribution in [0.2, 0.25) is 0 Å². The number of hydrogen-bond acceptors (Lipinski definition) is 3. The maximum Gasteiger partial charge on any atom is 0.371 e. The standard InChI is InChI=1S/C7H10O4/c1-4(2)5(8)3-6(9)7(10)11/h3-4,9H,1-2H3,(H,10,11)/b6-3+. The molecule has 4 nitrogen and oxygen atoms in total. The normalized spacial score (nSPS) is 11.7. The van der Waals surface area contributed by atoms with E-state index in [0.717, 1.165) is 0 Å². The molecule has 0 heterocycles. The second kappa shape index (κ2) is 3.75. The Kier molecular flexibility index (Phi) is 3.30. The van der Waals surface area contributed by atoms with Gasteiger partial charge in [0.25, 0.3) is 0 Å². The quantitative estimate of drug-likeness (QED) is 0.469. The Labute approximate surface area is 64.2 Å². The van der Waals surface area contributed by atoms with Crippen molar-refractivity contribution < 1.29 is 19.8 Å². The molecular formula is C7H10O4. The number of carboxylic acids is 1. The molecule has 0 atom stereocenters. The van der Waals surface area contributed by atoms with Gasteiger partial charge in [0.15, 0.2) is 5.78 Å². The van der Waals surface area contributed by atoms with Crippen LogP contribution in [0.1, 0.15) is 13.8 Å². The highest BCUT2D eigenvalue weighted by atomic mass is 16.4. The van der Waals surface area contributed by atoms with Gasteiger partial charge in [0.2, 0.25) is 5.76 Å². The van der Waals surface area contributed by atoms with Gasteiger partial charge < -0.3 is 10.2 Å². The number of hydrogen-bond donors (Lipinski definition) is 2. The molecule has 0 rings (SSSR count). The van der Waals surface area contributed by atoms with E-state index in [4.69, 9.17) is 10.2 Å². The summed E-state index contributed by atoms with van der Waals surface area (Å²) in [5.74, 6) is -3.09. The van der Waals surface area contributed by atoms with Gasteiger partial charge in [-0.1, -0.05) is 13.8 Å². The average molecular weight is 158 g/mol. The summed E-state index contributed by atoms with van der Waals surface area (Å²) in [7, 11) is 0. The molecule has 0 fully saturated rings. The van der Waals surface area contributed by atoms with Crippen LogP contribution in [0.25, 0.3) is 0 Å². The van der Waals surface area contributed by atoms with E-state index in [9.17, 15) is 9.59 Å². The Morgan fingerprint density at radius 2 is 1.73 bits per heavy atom. The van der Waals surface area contributed by atoms with Crippen LogP contribution in [-0.4, -0.2) is 22.0 Å². The van der Waals surface area contributed by atoms with E-state index in [2.05, 4.69) is 0 Å². The summed E-state index contributed by atoms with van der Waals surface area (Å²) in [6, 6.07) is 0. The monoisotopic (exact) mass is 158 g/mol. The number of carbonyl (C=O) groups excluding carboxylic acids is 1. The number of carbonyl (C=O) groups is 2. The predicted molar refractivity (Wildman–Crippen MR) is 38.2 cm³/mol. The fraction of sp³-hybridized carbons (Fsp3) is 0.429. The van der Waals surface area contributed by atoms with E-state index in [1.165, 1.54) is 0 Å². The molecule has 0 aliphatic heterocycles. The van der Waals surface area contributed by atoms with E-state index in [1.807, 2.05) is 0 Å². The van der Waals surface area contributed by atoms with Crippen molar-refractivity contribution in [2.75, 3.05) is 0 Å². The van der Waals surface area contributed by atoms with Crippen molar-refractivity contribution in [2.24, 2.45) is 5.92 Å². The molecule has 0 saturated heterocycles. The summed E-state index contributed by atoms with van der Waals surface area (Å²) in [5.41, 5.74) is 0. The highest BCUT2D eigenvalue weighted by molar-refractivity contribution is 5.98. The summed E-state index contributed by atoms with van der Waals surface area (Å²) in [5, 5.41) is 16.7. The third-order valence-electron chi connectivity index (χ3n) is 1.07. The summed E-state index contributed by atoms with van der Waals surface area (Å²) < 4.78 is 0. The zero-order chi connectivity index (χ0) is 9.02. The molecule has 0 spiro atoms. The fourth-order valence-corrected chi connectivity index (χ4v) is 0.363. The molecule has 0 aliphatic carbocycles. The Morgan fingerprint density at radius 3 is 2.00 bits per heavy atom. The Balaban J connectivity index is 4.32. The lowest BCUT2D eigenvalue weighted by Crippen LogP contribution is -2.07. The molecule has 0 aliphatic rings. The number of ketones is 1. The van der Waals surface area contributed by atoms with Crippen LogP contribution in [0.15, 0.2) is 11.8 Å². The Morgan fingerprint density at radius 1 is 1.27 bits per heavy atom. The minimum Gasteiger partial charge on any atom is -0.502 e. The first kappa shape index (κ1) is 9.68. The van der Waals surface area contributed by atoms with Gasteiger partial charge in [-0.15, -0.1) is 0 Å². The molecule has 2 N–H and O–H groups in total. The van der Waals surface area contributed by atoms with E-state index in [0.29, 0.717) is 6.08 Å². The van der Waals surface area contributed by atoms with Crippen LogP contribution >= 0.6 is 0 Å². The van der Waals surface area contributed by atoms with Crippen LogP contribution in [0.3, 0.4) is 0 Å². The molecule has 0 aromatic heterocycles. The van der Waals surface area contributed by atoms with Crippen molar-refractivity contribution in [1.82, 2.24) is 0 Å². The third-order valence-corrected chi connectivity index (χ3v) is 1.07. The topological polar surface area (TPSA) is 74.6 Å². The van der Waals surface area contributed by atoms with Crippen LogP contribution < -0.4 is 0 Å². The first-order valence-corrected chi connectivity index (χ1v) is 3.13. The summed E-state index contributed by atoms with van der Waals surface area (Å²) >= 11 is 0. The van der Waals surface area contributed by atoms with Gasteiger partial charge in [-0.05, 0) is 0 Å². The van der Waals surface area contributed by atoms with E-state index < -0.39 is 17.5 Å². The second-order valence-electron chi connectivity index (χ2n) is 2.39. The summed E-state index contributed by atoms with van der Waals surface area (Å²) in [6.45, 7) is 3.24. The van der Waals surface area contributed by atoms with Crippen LogP contribution in [0, 0.1) is 5.92 Å². The van der Waals surface area contributed by atoms with Crippen molar-refractivity contribution in [3.05, 3.63) is 11.8 Å². The molecular weight excluding hydrogens is 148 g/mol. The number of rotatable bonds is 3. The van der Waals surface area contributed by atoms with Crippen molar-refractivity contribution in [1.29, 1.82) is 0 Å². The van der Waals surface area contributed by atoms with Gasteiger partial charge in [0, 0.05) is 12.0 Å². The minimum absolute atomic E-state index is 0.295. The number of aliphatic carboxylic acids is 1. The number of aliphatic hydroxyl groups is 1. The number of aliphatic hydroxyl groups excluding tert-OH is 1. The second-order valence-corrected chi connectivity index (χ2v) is 2.39. The van der Waals surface area contributed by atoms with E-state index >= 15 is 0 Å². The van der Waals surface area contributed by atoms with Crippen molar-refractivity contribution in [3.8, 4) is 0 Å². The first-order chi connectivity index (χ1) is 4.95. The fourth-order valence-electron chi connectivity index (χ4n) is 0.363. The zero-order valence-corrected chi connectivity index (χ0v) is 6.37. The maximum absolute atomic E-state index is 10.8. The molecule has 11 heavy (non-hydrogen) atoms. The summed E-state index contributed by atoms with van der Waals surface area (Å²) in [6.07, 6.45) is 0.715. The predicted octanol–water partition coefficient (Wildman–Crippen LogP) is 0.738.